The molecule has 3 aliphatic carbocycles. The van der Waals surface area contributed by atoms with Crippen LogP contribution in [-0.4, -0.2) is 17.4 Å². The van der Waals surface area contributed by atoms with Gasteiger partial charge >= 0.3 is 0 Å². The first-order valence-corrected chi connectivity index (χ1v) is 9.44. The molecule has 0 radical (unpaired) electrons. The number of nitrogens with one attached hydrogen (secondary N) is 2. The summed E-state index contributed by atoms with van der Waals surface area (Å²) in [4.78, 5) is 24.9. The van der Waals surface area contributed by atoms with Crippen LogP contribution in [0.3, 0.4) is 0 Å². The van der Waals surface area contributed by atoms with Crippen molar-refractivity contribution in [3.63, 3.8) is 0 Å². The van der Waals surface area contributed by atoms with Crippen molar-refractivity contribution < 1.29 is 18.4 Å². The Balaban J connectivity index is 1.34. The second-order valence-electron chi connectivity index (χ2n) is 7.97. The average Bonchev–Trinajstić information content (AvgIpc) is 2.60. The number of benzene rings is 2. The van der Waals surface area contributed by atoms with Crippen molar-refractivity contribution in [3.8, 4) is 0 Å². The van der Waals surface area contributed by atoms with Gasteiger partial charge in [-0.3, -0.25) is 9.59 Å². The van der Waals surface area contributed by atoms with Crippen LogP contribution in [0.1, 0.15) is 36.5 Å². The number of hydrogen-bond acceptors (Lipinski definition) is 2. The first kappa shape index (κ1) is 18.9. The van der Waals surface area contributed by atoms with Crippen LogP contribution in [0.4, 0.5) is 14.5 Å². The van der Waals surface area contributed by atoms with Crippen LogP contribution >= 0.6 is 11.6 Å². The lowest BCUT2D eigenvalue weighted by atomic mass is 9.36. The fourth-order valence-corrected chi connectivity index (χ4v) is 4.59. The molecule has 0 saturated heterocycles. The van der Waals surface area contributed by atoms with E-state index in [2.05, 4.69) is 10.6 Å². The molecule has 0 aromatic heterocycles. The number of halogens is 3. The normalized spacial score (nSPS) is 25.9. The highest BCUT2D eigenvalue weighted by atomic mass is 35.5. The van der Waals surface area contributed by atoms with E-state index in [0.717, 1.165) is 6.07 Å². The summed E-state index contributed by atoms with van der Waals surface area (Å²) in [6, 6.07) is 9.61. The van der Waals surface area contributed by atoms with Crippen LogP contribution in [0, 0.1) is 23.0 Å². The van der Waals surface area contributed by atoms with Crippen molar-refractivity contribution in [1.29, 1.82) is 0 Å². The Hall–Kier alpha value is -2.47. The minimum absolute atomic E-state index is 0.0259. The minimum atomic E-state index is -0.630. The highest BCUT2D eigenvalue weighted by Gasteiger charge is 2.71. The number of anilines is 1. The summed E-state index contributed by atoms with van der Waals surface area (Å²) in [5.41, 5.74) is 0.320. The Kier molecular flexibility index (Phi) is 4.42. The first-order chi connectivity index (χ1) is 13.2. The van der Waals surface area contributed by atoms with Crippen molar-refractivity contribution in [1.82, 2.24) is 5.32 Å². The van der Waals surface area contributed by atoms with E-state index in [9.17, 15) is 18.4 Å². The molecule has 2 bridgehead atoms. The topological polar surface area (TPSA) is 58.2 Å². The van der Waals surface area contributed by atoms with Crippen molar-refractivity contribution in [2.45, 2.75) is 31.7 Å². The Morgan fingerprint density at radius 1 is 1.07 bits per heavy atom. The second kappa shape index (κ2) is 6.55. The lowest BCUT2D eigenvalue weighted by Crippen LogP contribution is -2.77. The number of hydrogen-bond donors (Lipinski definition) is 2. The highest BCUT2D eigenvalue weighted by Crippen LogP contribution is 2.70. The van der Waals surface area contributed by atoms with E-state index in [1.165, 1.54) is 36.4 Å². The van der Waals surface area contributed by atoms with Gasteiger partial charge in [-0.2, -0.15) is 0 Å². The molecule has 3 fully saturated rings. The monoisotopic (exact) mass is 404 g/mol. The molecule has 4 nitrogen and oxygen atoms in total. The third-order valence-corrected chi connectivity index (χ3v) is 6.36. The van der Waals surface area contributed by atoms with Crippen molar-refractivity contribution in [3.05, 3.63) is 64.7 Å². The smallest absolute Gasteiger partial charge is 0.251 e. The molecule has 0 aliphatic heterocycles. The van der Waals surface area contributed by atoms with Crippen molar-refractivity contribution in [2.24, 2.45) is 11.3 Å². The first-order valence-electron chi connectivity index (χ1n) is 9.06. The molecule has 2 aromatic rings. The molecule has 0 spiro atoms. The van der Waals surface area contributed by atoms with Gasteiger partial charge in [-0.15, -0.1) is 0 Å². The van der Waals surface area contributed by atoms with Crippen LogP contribution in [0.25, 0.3) is 0 Å². The third-order valence-electron chi connectivity index (χ3n) is 6.06. The zero-order chi connectivity index (χ0) is 20.1. The lowest BCUT2D eigenvalue weighted by Gasteiger charge is -2.72. The molecule has 3 saturated carbocycles. The Labute approximate surface area is 166 Å². The van der Waals surface area contributed by atoms with Gasteiger partial charge in [0.25, 0.3) is 5.91 Å². The summed E-state index contributed by atoms with van der Waals surface area (Å²) >= 11 is 5.65. The summed E-state index contributed by atoms with van der Waals surface area (Å²) in [5, 5.41) is 5.76. The summed E-state index contributed by atoms with van der Waals surface area (Å²) in [5.74, 6) is -1.68. The molecular formula is C21H19ClF2N2O2. The second-order valence-corrected chi connectivity index (χ2v) is 8.38. The van der Waals surface area contributed by atoms with Crippen LogP contribution in [0.15, 0.2) is 42.5 Å². The van der Waals surface area contributed by atoms with Gasteiger partial charge in [-0.1, -0.05) is 18.5 Å². The van der Waals surface area contributed by atoms with Crippen molar-refractivity contribution >= 4 is 29.1 Å². The van der Waals surface area contributed by atoms with Crippen LogP contribution in [-0.2, 0) is 4.79 Å². The largest absolute Gasteiger partial charge is 0.347 e. The van der Waals surface area contributed by atoms with Gasteiger partial charge in [0.2, 0.25) is 5.91 Å². The molecule has 7 heteroatoms. The van der Waals surface area contributed by atoms with E-state index in [-0.39, 0.29) is 45.1 Å². The zero-order valence-corrected chi connectivity index (χ0v) is 15.9. The molecule has 5 rings (SSSR count). The van der Waals surface area contributed by atoms with E-state index >= 15 is 0 Å². The third kappa shape index (κ3) is 3.15. The standard InChI is InChI=1S/C21H19ClF2N2O2/c1-12(18(27)25-15-5-3-14(23)4-6-15)20-9-21(10-20,11-20)26-19(28)13-2-7-16(22)17(24)8-13/h2-8,12H,9-11H2,1H3,(H,25,27)(H,26,28). The number of carbonyl (C=O) groups excluding carboxylic acids is 2. The van der Waals surface area contributed by atoms with Gasteiger partial charge in [0.05, 0.1) is 5.02 Å². The highest BCUT2D eigenvalue weighted by molar-refractivity contribution is 6.30. The van der Waals surface area contributed by atoms with E-state index in [1.54, 1.807) is 0 Å². The van der Waals surface area contributed by atoms with E-state index < -0.39 is 5.82 Å². The van der Waals surface area contributed by atoms with Gasteiger partial charge < -0.3 is 10.6 Å². The van der Waals surface area contributed by atoms with Crippen LogP contribution in [0.5, 0.6) is 0 Å². The van der Waals surface area contributed by atoms with Gasteiger partial charge in [0.1, 0.15) is 11.6 Å². The number of rotatable bonds is 5. The Morgan fingerprint density at radius 3 is 2.32 bits per heavy atom. The summed E-state index contributed by atoms with van der Waals surface area (Å²) in [6.45, 7) is 1.87. The molecular weight excluding hydrogens is 386 g/mol. The zero-order valence-electron chi connectivity index (χ0n) is 15.2. The maximum absolute atomic E-state index is 13.6. The average molecular weight is 405 g/mol. The molecule has 1 unspecified atom stereocenters. The van der Waals surface area contributed by atoms with Gasteiger partial charge in [0, 0.05) is 22.7 Å². The Morgan fingerprint density at radius 2 is 1.71 bits per heavy atom. The van der Waals surface area contributed by atoms with Gasteiger partial charge in [-0.05, 0) is 67.1 Å². The number of amides is 2. The molecule has 2 N–H and O–H groups in total. The van der Waals surface area contributed by atoms with E-state index in [0.29, 0.717) is 24.9 Å². The lowest BCUT2D eigenvalue weighted by molar-refractivity contribution is -0.184. The number of carbonyl (C=O) groups is 2. The maximum atomic E-state index is 13.6. The fourth-order valence-electron chi connectivity index (χ4n) is 4.47. The molecule has 1 atom stereocenters. The van der Waals surface area contributed by atoms with E-state index in [4.69, 9.17) is 11.6 Å². The minimum Gasteiger partial charge on any atom is -0.347 e. The summed E-state index contributed by atoms with van der Waals surface area (Å²) < 4.78 is 26.5. The molecule has 2 amide bonds. The molecule has 0 heterocycles. The molecule has 28 heavy (non-hydrogen) atoms. The fraction of sp³-hybridized carbons (Fsp3) is 0.333. The summed E-state index contributed by atoms with van der Waals surface area (Å²) in [6.07, 6.45) is 2.12. The van der Waals surface area contributed by atoms with Gasteiger partial charge in [-0.25, -0.2) is 8.78 Å². The SMILES string of the molecule is CC(C(=O)Nc1ccc(F)cc1)C12CC(NC(=O)c3ccc(Cl)c(F)c3)(C1)C2. The van der Waals surface area contributed by atoms with Crippen LogP contribution < -0.4 is 10.6 Å². The summed E-state index contributed by atoms with van der Waals surface area (Å²) in [7, 11) is 0. The molecule has 2 aromatic carbocycles. The Bertz CT molecular complexity index is 942. The van der Waals surface area contributed by atoms with Gasteiger partial charge in [0.15, 0.2) is 0 Å². The predicted molar refractivity (Wildman–Crippen MR) is 102 cm³/mol. The molecule has 146 valence electrons. The van der Waals surface area contributed by atoms with E-state index in [1.807, 2.05) is 6.92 Å². The maximum Gasteiger partial charge on any atom is 0.251 e. The van der Waals surface area contributed by atoms with Crippen LogP contribution in [0.2, 0.25) is 5.02 Å². The van der Waals surface area contributed by atoms with Crippen molar-refractivity contribution in [2.75, 3.05) is 5.32 Å². The predicted octanol–water partition coefficient (Wildman–Crippen LogP) is 4.55. The quantitative estimate of drug-likeness (QED) is 0.768. The molecule has 3 aliphatic rings.